The van der Waals surface area contributed by atoms with Gasteiger partial charge in [-0.3, -0.25) is 14.4 Å². The Morgan fingerprint density at radius 2 is 1.94 bits per heavy atom. The molecular formula is C25H38N4O3S. The summed E-state index contributed by atoms with van der Waals surface area (Å²) in [6, 6.07) is 6.38. The van der Waals surface area contributed by atoms with Crippen molar-refractivity contribution in [2.45, 2.75) is 83.4 Å². The Hall–Kier alpha value is -2.06. The van der Waals surface area contributed by atoms with E-state index in [1.807, 2.05) is 25.1 Å². The van der Waals surface area contributed by atoms with E-state index >= 15 is 0 Å². The van der Waals surface area contributed by atoms with E-state index < -0.39 is 18.1 Å². The van der Waals surface area contributed by atoms with Crippen LogP contribution in [0.2, 0.25) is 0 Å². The predicted molar refractivity (Wildman–Crippen MR) is 133 cm³/mol. The van der Waals surface area contributed by atoms with Crippen molar-refractivity contribution in [3.05, 3.63) is 35.4 Å². The van der Waals surface area contributed by atoms with Gasteiger partial charge in [-0.1, -0.05) is 45.0 Å². The molecule has 2 fully saturated rings. The fourth-order valence-corrected chi connectivity index (χ4v) is 6.51. The predicted octanol–water partition coefficient (Wildman–Crippen LogP) is 2.61. The highest BCUT2D eigenvalue weighted by Gasteiger charge is 2.54. The molecule has 1 aromatic carbocycles. The first-order valence-corrected chi connectivity index (χ1v) is 12.9. The minimum absolute atomic E-state index is 0.0647. The Kier molecular flexibility index (Phi) is 8.11. The molecule has 1 aromatic rings. The van der Waals surface area contributed by atoms with Gasteiger partial charge in [-0.25, -0.2) is 0 Å². The van der Waals surface area contributed by atoms with Crippen molar-refractivity contribution in [1.82, 2.24) is 20.9 Å². The van der Waals surface area contributed by atoms with Gasteiger partial charge in [-0.2, -0.15) is 0 Å². The highest BCUT2D eigenvalue weighted by molar-refractivity contribution is 7.99. The van der Waals surface area contributed by atoms with Crippen LogP contribution in [-0.2, 0) is 20.8 Å². The van der Waals surface area contributed by atoms with Crippen LogP contribution in [0.25, 0.3) is 0 Å². The molecule has 3 amide bonds. The van der Waals surface area contributed by atoms with E-state index in [1.165, 1.54) is 5.56 Å². The molecule has 0 aliphatic carbocycles. The molecule has 3 rings (SSSR count). The third-order valence-corrected chi connectivity index (χ3v) is 8.20. The van der Waals surface area contributed by atoms with Crippen molar-refractivity contribution >= 4 is 29.5 Å². The summed E-state index contributed by atoms with van der Waals surface area (Å²) in [7, 11) is 1.71. The Morgan fingerprint density at radius 1 is 1.24 bits per heavy atom. The zero-order chi connectivity index (χ0) is 24.3. The van der Waals surface area contributed by atoms with E-state index in [0.29, 0.717) is 6.42 Å². The summed E-state index contributed by atoms with van der Waals surface area (Å²) in [5, 5.41) is 8.94. The van der Waals surface area contributed by atoms with E-state index in [4.69, 9.17) is 0 Å². The minimum Gasteiger partial charge on any atom is -0.348 e. The molecule has 0 saturated carbocycles. The zero-order valence-corrected chi connectivity index (χ0v) is 21.4. The number of nitrogens with one attached hydrogen (secondary N) is 3. The second-order valence-corrected chi connectivity index (χ2v) is 11.1. The molecule has 7 nitrogen and oxygen atoms in total. The lowest BCUT2D eigenvalue weighted by Gasteiger charge is -2.35. The number of carbonyl (C=O) groups is 3. The molecule has 2 aliphatic rings. The number of carbonyl (C=O) groups excluding carboxylic acids is 3. The van der Waals surface area contributed by atoms with Crippen LogP contribution in [-0.4, -0.2) is 58.9 Å². The number of likely N-dealkylation sites (N-methyl/N-ethyl adjacent to an activating group) is 1. The average molecular weight is 475 g/mol. The van der Waals surface area contributed by atoms with Crippen molar-refractivity contribution in [3.8, 4) is 0 Å². The van der Waals surface area contributed by atoms with Crippen molar-refractivity contribution in [3.63, 3.8) is 0 Å². The number of aryl methyl sites for hydroxylation is 1. The zero-order valence-electron chi connectivity index (χ0n) is 20.6. The van der Waals surface area contributed by atoms with Gasteiger partial charge in [0.05, 0.1) is 17.5 Å². The van der Waals surface area contributed by atoms with Gasteiger partial charge in [-0.05, 0) is 62.5 Å². The summed E-state index contributed by atoms with van der Waals surface area (Å²) in [5.74, 6) is 0.263. The summed E-state index contributed by atoms with van der Waals surface area (Å²) < 4.78 is 0. The van der Waals surface area contributed by atoms with Gasteiger partial charge in [-0.15, -0.1) is 11.8 Å². The Morgan fingerprint density at radius 3 is 2.61 bits per heavy atom. The molecule has 2 saturated heterocycles. The topological polar surface area (TPSA) is 90.5 Å². The summed E-state index contributed by atoms with van der Waals surface area (Å²) in [5.41, 5.74) is 1.94. The summed E-state index contributed by atoms with van der Waals surface area (Å²) in [6.45, 7) is 9.97. The Labute approximate surface area is 201 Å². The molecule has 33 heavy (non-hydrogen) atoms. The van der Waals surface area contributed by atoms with E-state index in [9.17, 15) is 14.4 Å². The van der Waals surface area contributed by atoms with E-state index in [1.54, 1.807) is 30.6 Å². The lowest BCUT2D eigenvalue weighted by molar-refractivity contribution is -0.144. The monoisotopic (exact) mass is 474 g/mol. The lowest BCUT2D eigenvalue weighted by Crippen LogP contribution is -2.58. The number of nitrogens with zero attached hydrogens (tertiary/aromatic N) is 1. The number of benzene rings is 1. The van der Waals surface area contributed by atoms with Crippen molar-refractivity contribution in [2.75, 3.05) is 12.8 Å². The van der Waals surface area contributed by atoms with Gasteiger partial charge in [0.2, 0.25) is 17.7 Å². The highest BCUT2D eigenvalue weighted by atomic mass is 32.2. The van der Waals surface area contributed by atoms with Crippen molar-refractivity contribution in [2.24, 2.45) is 5.41 Å². The largest absolute Gasteiger partial charge is 0.348 e. The normalized spacial score (nSPS) is 26.2. The Balaban J connectivity index is 1.83. The number of fused-ring (bicyclic) bond motifs is 1. The molecule has 0 aromatic heterocycles. The maximum absolute atomic E-state index is 13.6. The van der Waals surface area contributed by atoms with E-state index in [-0.39, 0.29) is 34.6 Å². The molecule has 1 unspecified atom stereocenters. The van der Waals surface area contributed by atoms with Crippen LogP contribution in [0.4, 0.5) is 0 Å². The van der Waals surface area contributed by atoms with Gasteiger partial charge < -0.3 is 20.9 Å². The number of hydrogen-bond acceptors (Lipinski definition) is 5. The van der Waals surface area contributed by atoms with Crippen LogP contribution in [0.1, 0.15) is 64.6 Å². The average Bonchev–Trinajstić information content (AvgIpc) is 2.98. The van der Waals surface area contributed by atoms with Gasteiger partial charge in [0.1, 0.15) is 12.1 Å². The van der Waals surface area contributed by atoms with E-state index in [2.05, 4.69) is 42.8 Å². The standard InChI is InChI=1S/C25H38N4O3S/c1-7-17-10-8-9-11-18(17)15(2)27-23(31)21-25(4,5)14-20-29(21)24(32)19(12-13-33-20)28-22(30)16(3)26-6/h8-11,15-16,19-21,26H,7,12-14H2,1-6H3,(H,27,31)(H,28,30)/t15-,16+,19+,20?,21-/m1/s1. The molecule has 2 heterocycles. The van der Waals surface area contributed by atoms with Crippen LogP contribution in [0.5, 0.6) is 0 Å². The smallest absolute Gasteiger partial charge is 0.246 e. The fourth-order valence-electron chi connectivity index (χ4n) is 4.93. The molecule has 0 spiro atoms. The molecule has 8 heteroatoms. The van der Waals surface area contributed by atoms with Crippen molar-refractivity contribution in [1.29, 1.82) is 0 Å². The summed E-state index contributed by atoms with van der Waals surface area (Å²) in [6.07, 6.45) is 2.20. The molecule has 0 bridgehead atoms. The van der Waals surface area contributed by atoms with Crippen LogP contribution in [0, 0.1) is 5.41 Å². The molecule has 2 aliphatic heterocycles. The maximum atomic E-state index is 13.6. The van der Waals surface area contributed by atoms with Gasteiger partial charge >= 0.3 is 0 Å². The SMILES string of the molecule is CCc1ccccc1[C@@H](C)NC(=O)[C@H]1N2C(=O)[C@@H](NC(=O)[C@H](C)NC)CCSC2CC1(C)C. The highest BCUT2D eigenvalue weighted by Crippen LogP contribution is 2.46. The second-order valence-electron chi connectivity index (χ2n) is 9.81. The lowest BCUT2D eigenvalue weighted by atomic mass is 9.83. The first-order valence-electron chi connectivity index (χ1n) is 11.9. The quantitative estimate of drug-likeness (QED) is 0.565. The second kappa shape index (κ2) is 10.5. The van der Waals surface area contributed by atoms with Gasteiger partial charge in [0, 0.05) is 0 Å². The molecule has 5 atom stereocenters. The first kappa shape index (κ1) is 25.6. The van der Waals surface area contributed by atoms with Crippen LogP contribution < -0.4 is 16.0 Å². The van der Waals surface area contributed by atoms with Gasteiger partial charge in [0.15, 0.2) is 0 Å². The van der Waals surface area contributed by atoms with Crippen LogP contribution >= 0.6 is 11.8 Å². The summed E-state index contributed by atoms with van der Waals surface area (Å²) >= 11 is 1.71. The number of thioether (sulfide) groups is 1. The third-order valence-electron chi connectivity index (χ3n) is 6.95. The molecular weight excluding hydrogens is 436 g/mol. The van der Waals surface area contributed by atoms with Crippen LogP contribution in [0.3, 0.4) is 0 Å². The van der Waals surface area contributed by atoms with Crippen molar-refractivity contribution < 1.29 is 14.4 Å². The number of amides is 3. The van der Waals surface area contributed by atoms with Crippen LogP contribution in [0.15, 0.2) is 24.3 Å². The Bertz CT molecular complexity index is 890. The maximum Gasteiger partial charge on any atom is 0.246 e. The first-order chi connectivity index (χ1) is 15.6. The fraction of sp³-hybridized carbons (Fsp3) is 0.640. The third kappa shape index (κ3) is 5.38. The molecule has 182 valence electrons. The number of hydrogen-bond donors (Lipinski definition) is 3. The van der Waals surface area contributed by atoms with Gasteiger partial charge in [0.25, 0.3) is 0 Å². The number of rotatable bonds is 7. The molecule has 0 radical (unpaired) electrons. The molecule has 3 N–H and O–H groups in total. The summed E-state index contributed by atoms with van der Waals surface area (Å²) in [4.78, 5) is 41.5. The minimum atomic E-state index is -0.617. The van der Waals surface area contributed by atoms with E-state index in [0.717, 1.165) is 24.2 Å².